The zero-order chi connectivity index (χ0) is 17.5. The summed E-state index contributed by atoms with van der Waals surface area (Å²) in [6, 6.07) is 17.6. The molecule has 0 fully saturated rings. The molecule has 2 aromatic carbocycles. The van der Waals surface area contributed by atoms with Gasteiger partial charge in [-0.1, -0.05) is 47.6 Å². The fourth-order valence-corrected chi connectivity index (χ4v) is 2.66. The first-order chi connectivity index (χ1) is 12.2. The van der Waals surface area contributed by atoms with Crippen molar-refractivity contribution in [3.05, 3.63) is 65.9 Å². The lowest BCUT2D eigenvalue weighted by molar-refractivity contribution is -0.120. The Morgan fingerprint density at radius 1 is 1.16 bits per heavy atom. The molecule has 0 spiro atoms. The third kappa shape index (κ3) is 4.67. The largest absolute Gasteiger partial charge is 0.374 e. The van der Waals surface area contributed by atoms with Gasteiger partial charge < -0.3 is 14.6 Å². The van der Waals surface area contributed by atoms with Gasteiger partial charge in [-0.25, -0.2) is 0 Å². The van der Waals surface area contributed by atoms with Crippen LogP contribution >= 0.6 is 0 Å². The van der Waals surface area contributed by atoms with E-state index >= 15 is 0 Å². The van der Waals surface area contributed by atoms with Crippen LogP contribution in [-0.4, -0.2) is 24.2 Å². The number of fused-ring (bicyclic) bond motifs is 1. The average molecular weight is 338 g/mol. The van der Waals surface area contributed by atoms with Gasteiger partial charge in [0.1, 0.15) is 5.69 Å². The minimum absolute atomic E-state index is 0.0541. The summed E-state index contributed by atoms with van der Waals surface area (Å²) in [7, 11) is 0. The Balaban J connectivity index is 1.37. The molecule has 0 saturated heterocycles. The molecule has 5 heteroatoms. The molecule has 1 aromatic heterocycles. The summed E-state index contributed by atoms with van der Waals surface area (Å²) in [6.07, 6.45) is 1.04. The van der Waals surface area contributed by atoms with E-state index in [-0.39, 0.29) is 18.4 Å². The summed E-state index contributed by atoms with van der Waals surface area (Å²) in [4.78, 5) is 12.0. The average Bonchev–Trinajstić information content (AvgIpc) is 3.05. The van der Waals surface area contributed by atoms with Crippen molar-refractivity contribution in [2.75, 3.05) is 13.2 Å². The Morgan fingerprint density at radius 3 is 2.76 bits per heavy atom. The van der Waals surface area contributed by atoms with Gasteiger partial charge in [0, 0.05) is 18.5 Å². The number of amides is 1. The van der Waals surface area contributed by atoms with Gasteiger partial charge in [-0.2, -0.15) is 0 Å². The van der Waals surface area contributed by atoms with Gasteiger partial charge in [-0.3, -0.25) is 4.79 Å². The maximum atomic E-state index is 12.0. The van der Waals surface area contributed by atoms with E-state index in [0.29, 0.717) is 24.4 Å². The summed E-state index contributed by atoms with van der Waals surface area (Å²) in [5.74, 6) is -0.0600. The fraction of sp³-hybridized carbons (Fsp3) is 0.300. The van der Waals surface area contributed by atoms with Gasteiger partial charge in [-0.15, -0.1) is 0 Å². The molecule has 0 saturated carbocycles. The number of carbonyl (C=O) groups excluding carboxylic acids is 1. The van der Waals surface area contributed by atoms with Crippen molar-refractivity contribution in [1.29, 1.82) is 0 Å². The highest BCUT2D eigenvalue weighted by molar-refractivity contribution is 5.86. The first-order valence-corrected chi connectivity index (χ1v) is 8.50. The Labute approximate surface area is 147 Å². The molecule has 3 aromatic rings. The first kappa shape index (κ1) is 17.2. The highest BCUT2D eigenvalue weighted by Gasteiger charge is 2.11. The van der Waals surface area contributed by atoms with Gasteiger partial charge in [0.15, 0.2) is 5.58 Å². The number of ether oxygens (including phenoxy) is 1. The summed E-state index contributed by atoms with van der Waals surface area (Å²) in [6.45, 7) is 3.21. The lowest BCUT2D eigenvalue weighted by Crippen LogP contribution is -2.27. The molecule has 1 unspecified atom stereocenters. The molecule has 25 heavy (non-hydrogen) atoms. The SMILES string of the molecule is CC(OCCCNC(=O)Cc1noc2ccccc12)c1ccccc1. The Bertz CT molecular complexity index is 814. The van der Waals surface area contributed by atoms with Crippen molar-refractivity contribution in [3.8, 4) is 0 Å². The summed E-state index contributed by atoms with van der Waals surface area (Å²) < 4.78 is 11.0. The molecule has 5 nitrogen and oxygen atoms in total. The monoisotopic (exact) mass is 338 g/mol. The van der Waals surface area contributed by atoms with Crippen LogP contribution in [0.15, 0.2) is 59.1 Å². The zero-order valence-electron chi connectivity index (χ0n) is 14.3. The van der Waals surface area contributed by atoms with Crippen LogP contribution in [0, 0.1) is 0 Å². The van der Waals surface area contributed by atoms with Crippen LogP contribution in [0.4, 0.5) is 0 Å². The highest BCUT2D eigenvalue weighted by Crippen LogP contribution is 2.18. The van der Waals surface area contributed by atoms with Gasteiger partial charge in [-0.05, 0) is 31.0 Å². The van der Waals surface area contributed by atoms with E-state index in [0.717, 1.165) is 17.4 Å². The maximum absolute atomic E-state index is 12.0. The van der Waals surface area contributed by atoms with Crippen molar-refractivity contribution >= 4 is 16.9 Å². The van der Waals surface area contributed by atoms with Gasteiger partial charge >= 0.3 is 0 Å². The zero-order valence-corrected chi connectivity index (χ0v) is 14.3. The Morgan fingerprint density at radius 2 is 1.92 bits per heavy atom. The fourth-order valence-electron chi connectivity index (χ4n) is 2.66. The minimum atomic E-state index is -0.0600. The summed E-state index contributed by atoms with van der Waals surface area (Å²) >= 11 is 0. The third-order valence-electron chi connectivity index (χ3n) is 4.06. The second kappa shape index (κ2) is 8.44. The quantitative estimate of drug-likeness (QED) is 0.637. The number of para-hydroxylation sites is 1. The van der Waals surface area contributed by atoms with Crippen LogP contribution in [0.2, 0.25) is 0 Å². The summed E-state index contributed by atoms with van der Waals surface area (Å²) in [5.41, 5.74) is 2.53. The van der Waals surface area contributed by atoms with E-state index in [1.165, 1.54) is 0 Å². The van der Waals surface area contributed by atoms with Crippen LogP contribution in [0.1, 0.15) is 30.7 Å². The number of nitrogens with zero attached hydrogens (tertiary/aromatic N) is 1. The van der Waals surface area contributed by atoms with E-state index < -0.39 is 0 Å². The van der Waals surface area contributed by atoms with E-state index in [9.17, 15) is 4.79 Å². The highest BCUT2D eigenvalue weighted by atomic mass is 16.5. The normalized spacial score (nSPS) is 12.2. The number of aromatic nitrogens is 1. The van der Waals surface area contributed by atoms with Crippen LogP contribution in [0.25, 0.3) is 11.0 Å². The van der Waals surface area contributed by atoms with E-state index in [2.05, 4.69) is 22.6 Å². The van der Waals surface area contributed by atoms with Gasteiger partial charge in [0.25, 0.3) is 0 Å². The number of benzene rings is 2. The number of rotatable bonds is 8. The molecule has 0 aliphatic rings. The molecule has 1 amide bonds. The molecule has 1 atom stereocenters. The van der Waals surface area contributed by atoms with Crippen LogP contribution in [0.3, 0.4) is 0 Å². The second-order valence-corrected chi connectivity index (χ2v) is 5.93. The molecular formula is C20H22N2O3. The van der Waals surface area contributed by atoms with Crippen molar-refractivity contribution < 1.29 is 14.1 Å². The Hall–Kier alpha value is -2.66. The Kier molecular flexibility index (Phi) is 5.80. The van der Waals surface area contributed by atoms with Crippen LogP contribution in [0.5, 0.6) is 0 Å². The third-order valence-corrected chi connectivity index (χ3v) is 4.06. The first-order valence-electron chi connectivity index (χ1n) is 8.50. The minimum Gasteiger partial charge on any atom is -0.374 e. The maximum Gasteiger partial charge on any atom is 0.226 e. The number of nitrogens with one attached hydrogen (secondary N) is 1. The van der Waals surface area contributed by atoms with Crippen molar-refractivity contribution in [3.63, 3.8) is 0 Å². The van der Waals surface area contributed by atoms with E-state index in [4.69, 9.17) is 9.26 Å². The lowest BCUT2D eigenvalue weighted by Gasteiger charge is -2.13. The number of carbonyl (C=O) groups is 1. The molecule has 0 radical (unpaired) electrons. The lowest BCUT2D eigenvalue weighted by atomic mass is 10.1. The molecule has 1 N–H and O–H groups in total. The topological polar surface area (TPSA) is 64.4 Å². The number of hydrogen-bond donors (Lipinski definition) is 1. The standard InChI is InChI=1S/C20H22N2O3/c1-15(16-8-3-2-4-9-16)24-13-7-12-21-20(23)14-18-17-10-5-6-11-19(17)25-22-18/h2-6,8-11,15H,7,12-14H2,1H3,(H,21,23). The molecule has 1 heterocycles. The van der Waals surface area contributed by atoms with Gasteiger partial charge in [0.2, 0.25) is 5.91 Å². The van der Waals surface area contributed by atoms with Crippen LogP contribution in [-0.2, 0) is 16.0 Å². The summed E-state index contributed by atoms with van der Waals surface area (Å²) in [5, 5.41) is 7.76. The van der Waals surface area contributed by atoms with E-state index in [1.54, 1.807) is 0 Å². The van der Waals surface area contributed by atoms with Crippen molar-refractivity contribution in [1.82, 2.24) is 10.5 Å². The van der Waals surface area contributed by atoms with Crippen molar-refractivity contribution in [2.24, 2.45) is 0 Å². The molecular weight excluding hydrogens is 316 g/mol. The van der Waals surface area contributed by atoms with Gasteiger partial charge in [0.05, 0.1) is 12.5 Å². The predicted octanol–water partition coefficient (Wildman–Crippen LogP) is 3.65. The molecule has 3 rings (SSSR count). The van der Waals surface area contributed by atoms with E-state index in [1.807, 2.05) is 49.4 Å². The molecule has 130 valence electrons. The molecule has 0 aliphatic carbocycles. The smallest absolute Gasteiger partial charge is 0.226 e. The second-order valence-electron chi connectivity index (χ2n) is 5.93. The molecule has 0 bridgehead atoms. The molecule has 0 aliphatic heterocycles. The van der Waals surface area contributed by atoms with Crippen LogP contribution < -0.4 is 5.32 Å². The number of hydrogen-bond acceptors (Lipinski definition) is 4. The van der Waals surface area contributed by atoms with Crippen molar-refractivity contribution in [2.45, 2.75) is 25.9 Å². The predicted molar refractivity (Wildman–Crippen MR) is 96.1 cm³/mol.